The van der Waals surface area contributed by atoms with Crippen LogP contribution in [0.2, 0.25) is 5.02 Å². The summed E-state index contributed by atoms with van der Waals surface area (Å²) in [6, 6.07) is 5.17. The van der Waals surface area contributed by atoms with Crippen molar-refractivity contribution < 1.29 is 9.53 Å². The van der Waals surface area contributed by atoms with Gasteiger partial charge >= 0.3 is 0 Å². The number of nitrogens with one attached hydrogen (secondary N) is 2. The van der Waals surface area contributed by atoms with E-state index < -0.39 is 0 Å². The second-order valence-electron chi connectivity index (χ2n) is 3.92. The van der Waals surface area contributed by atoms with E-state index in [2.05, 4.69) is 10.6 Å². The number of hydrogen-bond donors (Lipinski definition) is 2. The van der Waals surface area contributed by atoms with Crippen LogP contribution in [0.25, 0.3) is 0 Å². The largest absolute Gasteiger partial charge is 0.387 e. The van der Waals surface area contributed by atoms with Gasteiger partial charge in [0.1, 0.15) is 0 Å². The van der Waals surface area contributed by atoms with Crippen LogP contribution in [-0.2, 0) is 4.74 Å². The maximum absolute atomic E-state index is 12.0. The first-order chi connectivity index (χ1) is 8.58. The smallest absolute Gasteiger partial charge is 0.253 e. The van der Waals surface area contributed by atoms with Crippen LogP contribution >= 0.6 is 11.6 Å². The van der Waals surface area contributed by atoms with Gasteiger partial charge in [-0.05, 0) is 32.0 Å². The van der Waals surface area contributed by atoms with Crippen LogP contribution in [0.3, 0.4) is 0 Å². The SMILES string of the molecule is CCOC(C)CNC(=O)c1cc(Cl)ccc1NC. The highest BCUT2D eigenvalue weighted by atomic mass is 35.5. The number of hydrogen-bond acceptors (Lipinski definition) is 3. The van der Waals surface area contributed by atoms with Gasteiger partial charge in [-0.1, -0.05) is 11.6 Å². The zero-order valence-electron chi connectivity index (χ0n) is 10.9. The molecule has 0 aromatic heterocycles. The van der Waals surface area contributed by atoms with E-state index in [-0.39, 0.29) is 12.0 Å². The molecule has 5 heteroatoms. The second kappa shape index (κ2) is 7.24. The monoisotopic (exact) mass is 270 g/mol. The van der Waals surface area contributed by atoms with Gasteiger partial charge < -0.3 is 15.4 Å². The standard InChI is InChI=1S/C13H19ClN2O2/c1-4-18-9(2)8-16-13(17)11-7-10(14)5-6-12(11)15-3/h5-7,9,15H,4,8H2,1-3H3,(H,16,17). The van der Waals surface area contributed by atoms with Gasteiger partial charge in [-0.3, -0.25) is 4.79 Å². The minimum atomic E-state index is -0.159. The third-order valence-electron chi connectivity index (χ3n) is 2.50. The number of halogens is 1. The molecule has 0 saturated carbocycles. The molecule has 1 rings (SSSR count). The molecule has 0 bridgehead atoms. The summed E-state index contributed by atoms with van der Waals surface area (Å²) >= 11 is 5.90. The predicted molar refractivity (Wildman–Crippen MR) is 74.4 cm³/mol. The topological polar surface area (TPSA) is 50.4 Å². The van der Waals surface area contributed by atoms with Crippen molar-refractivity contribution in [2.75, 3.05) is 25.5 Å². The molecular weight excluding hydrogens is 252 g/mol. The van der Waals surface area contributed by atoms with Crippen molar-refractivity contribution in [3.63, 3.8) is 0 Å². The van der Waals surface area contributed by atoms with Gasteiger partial charge in [-0.2, -0.15) is 0 Å². The molecule has 1 atom stereocenters. The van der Waals surface area contributed by atoms with Crippen molar-refractivity contribution in [2.45, 2.75) is 20.0 Å². The Kier molecular flexibility index (Phi) is 5.95. The lowest BCUT2D eigenvalue weighted by atomic mass is 10.1. The van der Waals surface area contributed by atoms with Crippen molar-refractivity contribution in [3.8, 4) is 0 Å². The Balaban J connectivity index is 2.68. The number of carbonyl (C=O) groups excluding carboxylic acids is 1. The summed E-state index contributed by atoms with van der Waals surface area (Å²) in [4.78, 5) is 12.0. The number of amides is 1. The molecule has 2 N–H and O–H groups in total. The Hall–Kier alpha value is -1.26. The lowest BCUT2D eigenvalue weighted by molar-refractivity contribution is 0.0695. The molecule has 0 aliphatic heterocycles. The van der Waals surface area contributed by atoms with Gasteiger partial charge in [0.2, 0.25) is 0 Å². The Labute approximate surface area is 113 Å². The fourth-order valence-corrected chi connectivity index (χ4v) is 1.77. The third kappa shape index (κ3) is 4.20. The van der Waals surface area contributed by atoms with Crippen LogP contribution in [0.15, 0.2) is 18.2 Å². The third-order valence-corrected chi connectivity index (χ3v) is 2.73. The van der Waals surface area contributed by atoms with Crippen molar-refractivity contribution in [1.82, 2.24) is 5.32 Å². The van der Waals surface area contributed by atoms with E-state index in [1.165, 1.54) is 0 Å². The Morgan fingerprint density at radius 3 is 2.83 bits per heavy atom. The molecule has 1 aromatic rings. The fraction of sp³-hybridized carbons (Fsp3) is 0.462. The van der Waals surface area contributed by atoms with Crippen LogP contribution in [0.1, 0.15) is 24.2 Å². The maximum atomic E-state index is 12.0. The van der Waals surface area contributed by atoms with Gasteiger partial charge in [0.15, 0.2) is 0 Å². The number of carbonyl (C=O) groups is 1. The average Bonchev–Trinajstić information content (AvgIpc) is 2.36. The molecule has 1 unspecified atom stereocenters. The first kappa shape index (κ1) is 14.8. The van der Waals surface area contributed by atoms with Gasteiger partial charge in [0, 0.05) is 30.9 Å². The number of rotatable bonds is 6. The predicted octanol–water partition coefficient (Wildman–Crippen LogP) is 2.54. The van der Waals surface area contributed by atoms with Gasteiger partial charge in [0.25, 0.3) is 5.91 Å². The molecule has 100 valence electrons. The number of ether oxygens (including phenoxy) is 1. The van der Waals surface area contributed by atoms with E-state index >= 15 is 0 Å². The molecule has 0 aliphatic rings. The first-order valence-electron chi connectivity index (χ1n) is 5.95. The summed E-state index contributed by atoms with van der Waals surface area (Å²) in [6.45, 7) is 4.95. The molecule has 1 aromatic carbocycles. The maximum Gasteiger partial charge on any atom is 0.253 e. The summed E-state index contributed by atoms with van der Waals surface area (Å²) in [5, 5.41) is 6.33. The van der Waals surface area contributed by atoms with E-state index in [9.17, 15) is 4.79 Å². The van der Waals surface area contributed by atoms with Gasteiger partial charge in [-0.15, -0.1) is 0 Å². The number of benzene rings is 1. The van der Waals surface area contributed by atoms with Crippen molar-refractivity contribution >= 4 is 23.2 Å². The Bertz CT molecular complexity index is 410. The summed E-state index contributed by atoms with van der Waals surface area (Å²) in [5.41, 5.74) is 1.29. The lowest BCUT2D eigenvalue weighted by Crippen LogP contribution is -2.32. The molecular formula is C13H19ClN2O2. The number of anilines is 1. The molecule has 1 amide bonds. The minimum absolute atomic E-state index is 0.00355. The normalized spacial score (nSPS) is 12.0. The van der Waals surface area contributed by atoms with E-state index in [1.807, 2.05) is 13.8 Å². The first-order valence-corrected chi connectivity index (χ1v) is 6.33. The minimum Gasteiger partial charge on any atom is -0.387 e. The van der Waals surface area contributed by atoms with E-state index in [4.69, 9.17) is 16.3 Å². The quantitative estimate of drug-likeness (QED) is 0.835. The zero-order chi connectivity index (χ0) is 13.5. The highest BCUT2D eigenvalue weighted by molar-refractivity contribution is 6.31. The molecule has 0 radical (unpaired) electrons. The highest BCUT2D eigenvalue weighted by Crippen LogP contribution is 2.20. The average molecular weight is 271 g/mol. The fourth-order valence-electron chi connectivity index (χ4n) is 1.60. The van der Waals surface area contributed by atoms with E-state index in [0.717, 1.165) is 5.69 Å². The van der Waals surface area contributed by atoms with Crippen LogP contribution in [0.5, 0.6) is 0 Å². The molecule has 0 saturated heterocycles. The van der Waals surface area contributed by atoms with Crippen LogP contribution < -0.4 is 10.6 Å². The van der Waals surface area contributed by atoms with Crippen LogP contribution in [0.4, 0.5) is 5.69 Å². The Morgan fingerprint density at radius 2 is 2.22 bits per heavy atom. The van der Waals surface area contributed by atoms with Crippen LogP contribution in [0, 0.1) is 0 Å². The lowest BCUT2D eigenvalue weighted by Gasteiger charge is -2.14. The van der Waals surface area contributed by atoms with Crippen LogP contribution in [-0.4, -0.2) is 32.2 Å². The molecule has 0 aliphatic carbocycles. The molecule has 0 heterocycles. The molecule has 0 fully saturated rings. The molecule has 4 nitrogen and oxygen atoms in total. The van der Waals surface area contributed by atoms with Crippen molar-refractivity contribution in [1.29, 1.82) is 0 Å². The highest BCUT2D eigenvalue weighted by Gasteiger charge is 2.12. The summed E-state index contributed by atoms with van der Waals surface area (Å²) in [5.74, 6) is -0.159. The second-order valence-corrected chi connectivity index (χ2v) is 4.35. The molecule has 18 heavy (non-hydrogen) atoms. The molecule has 0 spiro atoms. The van der Waals surface area contributed by atoms with Gasteiger partial charge in [0.05, 0.1) is 11.7 Å². The zero-order valence-corrected chi connectivity index (χ0v) is 11.7. The summed E-state index contributed by atoms with van der Waals surface area (Å²) in [7, 11) is 1.77. The van der Waals surface area contributed by atoms with Crippen molar-refractivity contribution in [2.24, 2.45) is 0 Å². The van der Waals surface area contributed by atoms with Crippen molar-refractivity contribution in [3.05, 3.63) is 28.8 Å². The summed E-state index contributed by atoms with van der Waals surface area (Å²) < 4.78 is 5.35. The van der Waals surface area contributed by atoms with E-state index in [1.54, 1.807) is 25.2 Å². The van der Waals surface area contributed by atoms with E-state index in [0.29, 0.717) is 23.7 Å². The van der Waals surface area contributed by atoms with Gasteiger partial charge in [-0.25, -0.2) is 0 Å². The summed E-state index contributed by atoms with van der Waals surface area (Å²) in [6.07, 6.45) is -0.00355. The Morgan fingerprint density at radius 1 is 1.50 bits per heavy atom.